The summed E-state index contributed by atoms with van der Waals surface area (Å²) < 4.78 is 44.7. The maximum atomic E-state index is 12.7. The van der Waals surface area contributed by atoms with Crippen molar-refractivity contribution in [2.75, 3.05) is 30.9 Å². The second-order valence-corrected chi connectivity index (χ2v) is 5.46. The molecule has 1 aliphatic rings. The van der Waals surface area contributed by atoms with Crippen molar-refractivity contribution in [2.45, 2.75) is 12.2 Å². The maximum Gasteiger partial charge on any atom is 0.416 e. The summed E-state index contributed by atoms with van der Waals surface area (Å²) in [5, 5.41) is 4.10. The van der Waals surface area contributed by atoms with Gasteiger partial charge in [0.15, 0.2) is 0 Å². The average molecular weight is 340 g/mol. The molecule has 2 heterocycles. The number of alkyl halides is 3. The van der Waals surface area contributed by atoms with Crippen LogP contribution in [0.25, 0.3) is 0 Å². The largest absolute Gasteiger partial charge is 0.416 e. The summed E-state index contributed by atoms with van der Waals surface area (Å²) >= 11 is 0. The Hall–Kier alpha value is -2.55. The molecule has 3 rings (SSSR count). The zero-order chi connectivity index (χ0) is 17.5. The number of fused-ring (bicyclic) bond motifs is 1. The molecule has 1 aromatic heterocycles. The monoisotopic (exact) mass is 340 g/mol. The first-order valence-electron chi connectivity index (χ1n) is 7.14. The minimum absolute atomic E-state index is 0.211. The van der Waals surface area contributed by atoms with E-state index in [0.717, 1.165) is 12.1 Å². The van der Waals surface area contributed by atoms with Gasteiger partial charge >= 0.3 is 6.18 Å². The zero-order valence-electron chi connectivity index (χ0n) is 12.7. The van der Waals surface area contributed by atoms with Gasteiger partial charge in [0.25, 0.3) is 5.91 Å². The van der Waals surface area contributed by atoms with Crippen molar-refractivity contribution >= 4 is 17.3 Å². The van der Waals surface area contributed by atoms with Crippen LogP contribution in [0.2, 0.25) is 0 Å². The van der Waals surface area contributed by atoms with Crippen LogP contribution in [0, 0.1) is 0 Å². The van der Waals surface area contributed by atoms with Crippen molar-refractivity contribution in [3.8, 4) is 0 Å². The number of methoxy groups -OCH3 is 1. The van der Waals surface area contributed by atoms with Crippen molar-refractivity contribution in [1.29, 1.82) is 0 Å². The van der Waals surface area contributed by atoms with E-state index in [4.69, 9.17) is 10.5 Å². The highest BCUT2D eigenvalue weighted by molar-refractivity contribution is 6.08. The number of aromatic nitrogens is 2. The third-order valence-corrected chi connectivity index (χ3v) is 3.88. The number of amides is 1. The molecular formula is C15H15F3N4O2. The Bertz CT molecular complexity index is 755. The second kappa shape index (κ2) is 5.82. The summed E-state index contributed by atoms with van der Waals surface area (Å²) in [6, 6.07) is 4.16. The van der Waals surface area contributed by atoms with Crippen molar-refractivity contribution in [3.63, 3.8) is 0 Å². The number of hydrogen-bond acceptors (Lipinski definition) is 4. The molecule has 1 unspecified atom stereocenters. The maximum absolute atomic E-state index is 12.7. The number of rotatable bonds is 3. The highest BCUT2D eigenvalue weighted by Crippen LogP contribution is 2.33. The van der Waals surface area contributed by atoms with E-state index >= 15 is 0 Å². The van der Waals surface area contributed by atoms with E-state index in [1.807, 2.05) is 0 Å². The minimum Gasteiger partial charge on any atom is -0.396 e. The fraction of sp³-hybridized carbons (Fsp3) is 0.333. The van der Waals surface area contributed by atoms with Crippen molar-refractivity contribution in [3.05, 3.63) is 41.7 Å². The fourth-order valence-corrected chi connectivity index (χ4v) is 2.74. The number of nitrogen functional groups attached to an aromatic ring is 1. The molecule has 9 heteroatoms. The molecule has 0 saturated carbocycles. The lowest BCUT2D eigenvalue weighted by Gasteiger charge is -2.33. The molecule has 1 aliphatic heterocycles. The molecule has 0 aliphatic carbocycles. The number of hydrogen-bond donors (Lipinski definition) is 1. The van der Waals surface area contributed by atoms with Crippen LogP contribution in [0.1, 0.15) is 22.1 Å². The van der Waals surface area contributed by atoms with Gasteiger partial charge in [-0.3, -0.25) is 9.48 Å². The van der Waals surface area contributed by atoms with Crippen LogP contribution in [-0.4, -0.2) is 35.9 Å². The minimum atomic E-state index is -4.42. The number of benzene rings is 1. The molecule has 0 saturated heterocycles. The van der Waals surface area contributed by atoms with E-state index in [-0.39, 0.29) is 24.0 Å². The molecule has 2 N–H and O–H groups in total. The van der Waals surface area contributed by atoms with Gasteiger partial charge in [-0.1, -0.05) is 0 Å². The normalized spacial score (nSPS) is 17.9. The summed E-state index contributed by atoms with van der Waals surface area (Å²) in [5.41, 5.74) is 5.83. The van der Waals surface area contributed by atoms with Gasteiger partial charge in [-0.05, 0) is 24.3 Å². The van der Waals surface area contributed by atoms with Gasteiger partial charge in [0.1, 0.15) is 5.69 Å². The summed E-state index contributed by atoms with van der Waals surface area (Å²) in [7, 11) is 1.52. The molecule has 0 radical (unpaired) electrons. The number of halogens is 3. The highest BCUT2D eigenvalue weighted by atomic mass is 19.4. The molecule has 0 fully saturated rings. The number of carbonyl (C=O) groups is 1. The number of anilines is 2. The van der Waals surface area contributed by atoms with Gasteiger partial charge < -0.3 is 15.4 Å². The van der Waals surface area contributed by atoms with Crippen molar-refractivity contribution in [2.24, 2.45) is 0 Å². The van der Waals surface area contributed by atoms with Crippen LogP contribution >= 0.6 is 0 Å². The Morgan fingerprint density at radius 3 is 2.58 bits per heavy atom. The average Bonchev–Trinajstić information content (AvgIpc) is 2.92. The molecule has 2 aromatic rings. The van der Waals surface area contributed by atoms with E-state index < -0.39 is 17.6 Å². The van der Waals surface area contributed by atoms with E-state index in [9.17, 15) is 18.0 Å². The van der Waals surface area contributed by atoms with Crippen molar-refractivity contribution < 1.29 is 22.7 Å². The van der Waals surface area contributed by atoms with Crippen LogP contribution in [0.3, 0.4) is 0 Å². The lowest BCUT2D eigenvalue weighted by atomic mass is 10.1. The number of ether oxygens (including phenoxy) is 1. The first kappa shape index (κ1) is 16.3. The molecule has 6 nitrogen and oxygen atoms in total. The SMILES string of the molecule is COCC1CN(c2ccc(C(F)(F)F)cc2)C(=O)c2c(N)cnn21. The second-order valence-electron chi connectivity index (χ2n) is 5.46. The molecule has 1 amide bonds. The Kier molecular flexibility index (Phi) is 3.96. The van der Waals surface area contributed by atoms with Crippen LogP contribution in [-0.2, 0) is 10.9 Å². The smallest absolute Gasteiger partial charge is 0.396 e. The Morgan fingerprint density at radius 2 is 2.00 bits per heavy atom. The fourth-order valence-electron chi connectivity index (χ4n) is 2.74. The molecule has 24 heavy (non-hydrogen) atoms. The topological polar surface area (TPSA) is 73.4 Å². The van der Waals surface area contributed by atoms with E-state index in [1.165, 1.54) is 35.0 Å². The summed E-state index contributed by atoms with van der Waals surface area (Å²) in [4.78, 5) is 14.0. The summed E-state index contributed by atoms with van der Waals surface area (Å²) in [5.74, 6) is -0.405. The molecular weight excluding hydrogens is 325 g/mol. The quantitative estimate of drug-likeness (QED) is 0.931. The molecule has 1 atom stereocenters. The summed E-state index contributed by atoms with van der Waals surface area (Å²) in [6.45, 7) is 0.519. The number of carbonyl (C=O) groups excluding carboxylic acids is 1. The third kappa shape index (κ3) is 2.71. The van der Waals surface area contributed by atoms with Crippen LogP contribution < -0.4 is 10.6 Å². The van der Waals surface area contributed by atoms with Gasteiger partial charge in [-0.25, -0.2) is 0 Å². The van der Waals surface area contributed by atoms with Crippen LogP contribution in [0.4, 0.5) is 24.5 Å². The zero-order valence-corrected chi connectivity index (χ0v) is 12.7. The van der Waals surface area contributed by atoms with Gasteiger partial charge in [0, 0.05) is 12.8 Å². The van der Waals surface area contributed by atoms with E-state index in [1.54, 1.807) is 0 Å². The highest BCUT2D eigenvalue weighted by Gasteiger charge is 2.35. The van der Waals surface area contributed by atoms with Gasteiger partial charge in [-0.15, -0.1) is 0 Å². The molecule has 128 valence electrons. The molecule has 1 aromatic carbocycles. The lowest BCUT2D eigenvalue weighted by Crippen LogP contribution is -2.45. The van der Waals surface area contributed by atoms with Gasteiger partial charge in [0.2, 0.25) is 0 Å². The van der Waals surface area contributed by atoms with Gasteiger partial charge in [-0.2, -0.15) is 18.3 Å². The number of nitrogens with zero attached hydrogens (tertiary/aromatic N) is 3. The number of nitrogens with two attached hydrogens (primary N) is 1. The van der Waals surface area contributed by atoms with Gasteiger partial charge in [0.05, 0.1) is 36.6 Å². The third-order valence-electron chi connectivity index (χ3n) is 3.88. The Balaban J connectivity index is 1.97. The van der Waals surface area contributed by atoms with E-state index in [2.05, 4.69) is 5.10 Å². The first-order valence-corrected chi connectivity index (χ1v) is 7.14. The predicted octanol–water partition coefficient (Wildman–Crippen LogP) is 2.33. The van der Waals surface area contributed by atoms with Crippen molar-refractivity contribution in [1.82, 2.24) is 9.78 Å². The molecule has 0 bridgehead atoms. The predicted molar refractivity (Wildman–Crippen MR) is 80.7 cm³/mol. The standard InChI is InChI=1S/C15H15F3N4O2/c1-24-8-11-7-21(14(23)13-12(19)6-20-22(11)13)10-4-2-9(3-5-10)15(16,17)18/h2-6,11H,7-8,19H2,1H3. The van der Waals surface area contributed by atoms with Crippen LogP contribution in [0.15, 0.2) is 30.5 Å². The van der Waals surface area contributed by atoms with E-state index in [0.29, 0.717) is 12.3 Å². The van der Waals surface area contributed by atoms with Crippen LogP contribution in [0.5, 0.6) is 0 Å². The Labute approximate surface area is 135 Å². The summed E-state index contributed by atoms with van der Waals surface area (Å²) in [6.07, 6.45) is -3.04. The molecule has 0 spiro atoms. The first-order chi connectivity index (χ1) is 11.3. The Morgan fingerprint density at radius 1 is 1.33 bits per heavy atom. The lowest BCUT2D eigenvalue weighted by molar-refractivity contribution is -0.137.